The van der Waals surface area contributed by atoms with E-state index in [1.807, 2.05) is 4.90 Å². The minimum Gasteiger partial charge on any atom is -0.463 e. The predicted molar refractivity (Wildman–Crippen MR) is 113 cm³/mol. The maximum atomic E-state index is 11.7. The Kier molecular flexibility index (Phi) is 6.43. The van der Waals surface area contributed by atoms with Gasteiger partial charge in [-0.2, -0.15) is 15.0 Å². The number of anilines is 2. The van der Waals surface area contributed by atoms with Crippen molar-refractivity contribution in [2.45, 2.75) is 12.8 Å². The van der Waals surface area contributed by atoms with Crippen LogP contribution in [0, 0.1) is 5.92 Å². The zero-order chi connectivity index (χ0) is 21.8. The number of rotatable bonds is 6. The van der Waals surface area contributed by atoms with Crippen LogP contribution >= 0.6 is 0 Å². The van der Waals surface area contributed by atoms with Crippen LogP contribution in [0.1, 0.15) is 12.8 Å². The van der Waals surface area contributed by atoms with Crippen molar-refractivity contribution in [2.75, 3.05) is 62.9 Å². The van der Waals surface area contributed by atoms with Gasteiger partial charge in [0.25, 0.3) is 0 Å². The summed E-state index contributed by atoms with van der Waals surface area (Å²) in [5, 5.41) is 0. The Bertz CT molecular complexity index is 990. The number of nitrogens with two attached hydrogens (primary N) is 1. The molecule has 0 radical (unpaired) electrons. The topological polar surface area (TPSA) is 150 Å². The first-order chi connectivity index (χ1) is 14.9. The lowest BCUT2D eigenvalue weighted by atomic mass is 9.99. The molecule has 0 amide bonds. The van der Waals surface area contributed by atoms with Crippen LogP contribution in [0.3, 0.4) is 0 Å². The molecule has 0 atom stereocenters. The maximum Gasteiger partial charge on any atom is 0.321 e. The molecular formula is C18H26N8O4S. The van der Waals surface area contributed by atoms with E-state index in [2.05, 4.69) is 24.9 Å². The number of piperidine rings is 1. The molecule has 0 aromatic carbocycles. The van der Waals surface area contributed by atoms with Crippen molar-refractivity contribution >= 4 is 21.9 Å². The summed E-state index contributed by atoms with van der Waals surface area (Å²) >= 11 is 0. The third-order valence-corrected chi connectivity index (χ3v) is 6.62. The maximum absolute atomic E-state index is 11.7. The monoisotopic (exact) mass is 450 g/mol. The van der Waals surface area contributed by atoms with E-state index in [4.69, 9.17) is 15.2 Å². The van der Waals surface area contributed by atoms with Crippen LogP contribution in [-0.4, -0.2) is 89.9 Å². The molecular weight excluding hydrogens is 424 g/mol. The summed E-state index contributed by atoms with van der Waals surface area (Å²) in [5.74, 6) is 1.30. The fraction of sp³-hybridized carbons (Fsp3) is 0.611. The molecule has 31 heavy (non-hydrogen) atoms. The number of hydrogen-bond donors (Lipinski definition) is 1. The van der Waals surface area contributed by atoms with Gasteiger partial charge in [-0.05, 0) is 18.8 Å². The van der Waals surface area contributed by atoms with E-state index in [0.29, 0.717) is 63.3 Å². The van der Waals surface area contributed by atoms with Crippen LogP contribution in [0.2, 0.25) is 0 Å². The number of nitrogen functional groups attached to an aromatic ring is 1. The van der Waals surface area contributed by atoms with Crippen LogP contribution in [0.15, 0.2) is 12.4 Å². The van der Waals surface area contributed by atoms with Crippen molar-refractivity contribution in [1.29, 1.82) is 0 Å². The van der Waals surface area contributed by atoms with Gasteiger partial charge in [0.2, 0.25) is 21.9 Å². The minimum absolute atomic E-state index is 0.170. The van der Waals surface area contributed by atoms with Crippen molar-refractivity contribution < 1.29 is 17.9 Å². The number of ether oxygens (including phenoxy) is 2. The second-order valence-electron chi connectivity index (χ2n) is 7.59. The molecule has 2 aromatic heterocycles. The van der Waals surface area contributed by atoms with Crippen LogP contribution in [-0.2, 0) is 14.8 Å². The summed E-state index contributed by atoms with van der Waals surface area (Å²) in [4.78, 5) is 23.5. The second-order valence-corrected chi connectivity index (χ2v) is 9.57. The first-order valence-electron chi connectivity index (χ1n) is 10.1. The largest absolute Gasteiger partial charge is 0.463 e. The summed E-state index contributed by atoms with van der Waals surface area (Å²) in [6, 6.07) is 0.217. The minimum atomic E-state index is -3.15. The van der Waals surface area contributed by atoms with Gasteiger partial charge in [-0.15, -0.1) is 0 Å². The van der Waals surface area contributed by atoms with Gasteiger partial charge in [0.15, 0.2) is 5.82 Å². The van der Waals surface area contributed by atoms with E-state index >= 15 is 0 Å². The average molecular weight is 451 g/mol. The number of morpholine rings is 1. The number of sulfonamides is 1. The van der Waals surface area contributed by atoms with Gasteiger partial charge in [-0.1, -0.05) is 0 Å². The zero-order valence-corrected chi connectivity index (χ0v) is 18.2. The van der Waals surface area contributed by atoms with Gasteiger partial charge >= 0.3 is 6.01 Å². The zero-order valence-electron chi connectivity index (χ0n) is 17.3. The summed E-state index contributed by atoms with van der Waals surface area (Å²) < 4.78 is 36.2. The number of hydrogen-bond acceptors (Lipinski definition) is 11. The van der Waals surface area contributed by atoms with E-state index in [0.717, 1.165) is 12.8 Å². The van der Waals surface area contributed by atoms with Crippen molar-refractivity contribution in [3.63, 3.8) is 0 Å². The molecule has 0 unspecified atom stereocenters. The molecule has 2 aliphatic rings. The first-order valence-corrected chi connectivity index (χ1v) is 12.0. The Labute approximate surface area is 180 Å². The predicted octanol–water partition coefficient (Wildman–Crippen LogP) is -0.202. The SMILES string of the molecule is CS(=O)(=O)N1CCC(COc2nc(-c3cnc(N)nc3)nc(N3CCOCC3)n2)CC1. The lowest BCUT2D eigenvalue weighted by Gasteiger charge is -2.30. The Morgan fingerprint density at radius 3 is 2.42 bits per heavy atom. The molecule has 4 rings (SSSR count). The third kappa shape index (κ3) is 5.54. The molecule has 2 aromatic rings. The molecule has 12 nitrogen and oxygen atoms in total. The van der Waals surface area contributed by atoms with Crippen LogP contribution < -0.4 is 15.4 Å². The van der Waals surface area contributed by atoms with E-state index in [1.165, 1.54) is 10.6 Å². The number of aromatic nitrogens is 5. The molecule has 2 N–H and O–H groups in total. The smallest absolute Gasteiger partial charge is 0.321 e. The molecule has 0 aliphatic carbocycles. The van der Waals surface area contributed by atoms with Crippen LogP contribution in [0.5, 0.6) is 6.01 Å². The van der Waals surface area contributed by atoms with Gasteiger partial charge in [0.1, 0.15) is 0 Å². The quantitative estimate of drug-likeness (QED) is 0.623. The number of nitrogens with zero attached hydrogens (tertiary/aromatic N) is 7. The van der Waals surface area contributed by atoms with Gasteiger partial charge in [0, 0.05) is 38.6 Å². The molecule has 2 saturated heterocycles. The molecule has 2 aliphatic heterocycles. The lowest BCUT2D eigenvalue weighted by Crippen LogP contribution is -2.39. The molecule has 4 heterocycles. The second kappa shape index (κ2) is 9.24. The fourth-order valence-corrected chi connectivity index (χ4v) is 4.37. The van der Waals surface area contributed by atoms with Gasteiger partial charge in [0.05, 0.1) is 31.6 Å². The lowest BCUT2D eigenvalue weighted by molar-refractivity contribution is 0.121. The Hall–Kier alpha value is -2.64. The highest BCUT2D eigenvalue weighted by atomic mass is 32.2. The normalized spacial score (nSPS) is 18.8. The Morgan fingerprint density at radius 2 is 1.77 bits per heavy atom. The van der Waals surface area contributed by atoms with E-state index in [-0.39, 0.29) is 17.9 Å². The molecule has 13 heteroatoms. The molecule has 168 valence electrons. The summed E-state index contributed by atoms with van der Waals surface area (Å²) in [6.45, 7) is 3.94. The Morgan fingerprint density at radius 1 is 1.10 bits per heavy atom. The Balaban J connectivity index is 1.49. The fourth-order valence-electron chi connectivity index (χ4n) is 3.50. The van der Waals surface area contributed by atoms with Crippen molar-refractivity contribution in [1.82, 2.24) is 29.2 Å². The standard InChI is InChI=1S/C18H26N8O4S/c1-31(27,28)26-4-2-13(3-5-26)12-30-18-23-15(14-10-20-16(19)21-11-14)22-17(24-18)25-6-8-29-9-7-25/h10-11,13H,2-9,12H2,1H3,(H2,19,20,21). The highest BCUT2D eigenvalue weighted by Crippen LogP contribution is 2.23. The van der Waals surface area contributed by atoms with Crippen molar-refractivity contribution in [3.05, 3.63) is 12.4 Å². The average Bonchev–Trinajstić information content (AvgIpc) is 2.78. The third-order valence-electron chi connectivity index (χ3n) is 5.32. The first kappa shape index (κ1) is 21.6. The summed E-state index contributed by atoms with van der Waals surface area (Å²) in [5.41, 5.74) is 6.19. The highest BCUT2D eigenvalue weighted by Gasteiger charge is 2.26. The molecule has 0 bridgehead atoms. The van der Waals surface area contributed by atoms with Crippen molar-refractivity contribution in [3.8, 4) is 17.4 Å². The highest BCUT2D eigenvalue weighted by molar-refractivity contribution is 7.88. The summed E-state index contributed by atoms with van der Waals surface area (Å²) in [6.07, 6.45) is 5.82. The van der Waals surface area contributed by atoms with Crippen molar-refractivity contribution in [2.24, 2.45) is 5.92 Å². The summed E-state index contributed by atoms with van der Waals surface area (Å²) in [7, 11) is -3.15. The van der Waals surface area contributed by atoms with Gasteiger partial charge in [-0.3, -0.25) is 0 Å². The van der Waals surface area contributed by atoms with Gasteiger partial charge in [-0.25, -0.2) is 22.7 Å². The van der Waals surface area contributed by atoms with E-state index in [9.17, 15) is 8.42 Å². The van der Waals surface area contributed by atoms with E-state index in [1.54, 1.807) is 12.4 Å². The van der Waals surface area contributed by atoms with Crippen LogP contribution in [0.4, 0.5) is 11.9 Å². The molecule has 2 fully saturated rings. The van der Waals surface area contributed by atoms with Gasteiger partial charge < -0.3 is 20.1 Å². The molecule has 0 spiro atoms. The molecule has 0 saturated carbocycles. The van der Waals surface area contributed by atoms with Crippen LogP contribution in [0.25, 0.3) is 11.4 Å². The van der Waals surface area contributed by atoms with E-state index < -0.39 is 10.0 Å².